The summed E-state index contributed by atoms with van der Waals surface area (Å²) in [5.74, 6) is -0.115. The smallest absolute Gasteiger partial charge is 0.126 e. The van der Waals surface area contributed by atoms with Crippen LogP contribution in [0.2, 0.25) is 0 Å². The van der Waals surface area contributed by atoms with E-state index in [4.69, 9.17) is 4.74 Å². The number of nitrogens with zero attached hydrogens (tertiary/aromatic N) is 1. The first kappa shape index (κ1) is 15.8. The Labute approximate surface area is 142 Å². The standard InChI is InChI=1S/C20H23FN2O/c1-22-11-17(10-15-6-3-5-9-19(15)21)23-13-20(14-23)18-8-4-2-7-16(18)12-24-20/h2-9,17,22H,10-14H2,1H3. The normalized spacial score (nSPS) is 19.9. The number of likely N-dealkylation sites (N-methyl/N-ethyl adjacent to an activating group) is 1. The van der Waals surface area contributed by atoms with Crippen molar-refractivity contribution in [3.63, 3.8) is 0 Å². The lowest BCUT2D eigenvalue weighted by Gasteiger charge is -2.51. The Hall–Kier alpha value is -1.75. The fourth-order valence-electron chi connectivity index (χ4n) is 4.00. The molecular formula is C20H23FN2O. The number of rotatable bonds is 5. The average molecular weight is 326 g/mol. The Morgan fingerprint density at radius 1 is 1.17 bits per heavy atom. The fourth-order valence-corrected chi connectivity index (χ4v) is 4.00. The summed E-state index contributed by atoms with van der Waals surface area (Å²) in [6.45, 7) is 3.30. The molecule has 4 heteroatoms. The maximum absolute atomic E-state index is 14.0. The van der Waals surface area contributed by atoms with Gasteiger partial charge in [0.2, 0.25) is 0 Å². The Morgan fingerprint density at radius 2 is 1.92 bits per heavy atom. The van der Waals surface area contributed by atoms with Gasteiger partial charge in [-0.1, -0.05) is 42.5 Å². The molecule has 0 radical (unpaired) electrons. The number of hydrogen-bond donors (Lipinski definition) is 1. The molecule has 2 heterocycles. The van der Waals surface area contributed by atoms with Gasteiger partial charge in [0.05, 0.1) is 6.61 Å². The molecule has 0 amide bonds. The van der Waals surface area contributed by atoms with Crippen molar-refractivity contribution < 1.29 is 9.13 Å². The summed E-state index contributed by atoms with van der Waals surface area (Å²) in [6.07, 6.45) is 0.714. The maximum atomic E-state index is 14.0. The number of halogens is 1. The van der Waals surface area contributed by atoms with Crippen LogP contribution in [0.4, 0.5) is 4.39 Å². The van der Waals surface area contributed by atoms with Gasteiger partial charge < -0.3 is 10.1 Å². The zero-order valence-corrected chi connectivity index (χ0v) is 14.0. The monoisotopic (exact) mass is 326 g/mol. The van der Waals surface area contributed by atoms with E-state index in [1.54, 1.807) is 12.1 Å². The molecule has 1 spiro atoms. The first-order chi connectivity index (χ1) is 11.7. The van der Waals surface area contributed by atoms with Crippen molar-refractivity contribution >= 4 is 0 Å². The molecule has 0 bridgehead atoms. The minimum atomic E-state index is -0.155. The molecule has 2 aromatic carbocycles. The number of benzene rings is 2. The van der Waals surface area contributed by atoms with Crippen LogP contribution in [0.5, 0.6) is 0 Å². The second-order valence-corrected chi connectivity index (χ2v) is 6.85. The van der Waals surface area contributed by atoms with E-state index in [2.05, 4.69) is 34.5 Å². The van der Waals surface area contributed by atoms with E-state index in [1.807, 2.05) is 19.2 Å². The third-order valence-electron chi connectivity index (χ3n) is 5.30. The van der Waals surface area contributed by atoms with Gasteiger partial charge in [0, 0.05) is 25.7 Å². The van der Waals surface area contributed by atoms with E-state index in [-0.39, 0.29) is 17.5 Å². The highest BCUT2D eigenvalue weighted by Gasteiger charge is 2.51. The first-order valence-corrected chi connectivity index (χ1v) is 8.56. The van der Waals surface area contributed by atoms with Crippen LogP contribution in [-0.2, 0) is 23.4 Å². The molecule has 1 fully saturated rings. The number of hydrogen-bond acceptors (Lipinski definition) is 3. The molecule has 0 saturated carbocycles. The third-order valence-corrected chi connectivity index (χ3v) is 5.30. The van der Waals surface area contributed by atoms with Crippen molar-refractivity contribution in [1.82, 2.24) is 10.2 Å². The predicted octanol–water partition coefficient (Wildman–Crippen LogP) is 2.70. The van der Waals surface area contributed by atoms with Crippen molar-refractivity contribution in [2.24, 2.45) is 0 Å². The largest absolute Gasteiger partial charge is 0.363 e. The van der Waals surface area contributed by atoms with Crippen LogP contribution in [0, 0.1) is 5.82 Å². The molecule has 2 aliphatic heterocycles. The second kappa shape index (κ2) is 6.28. The van der Waals surface area contributed by atoms with Crippen molar-refractivity contribution in [3.8, 4) is 0 Å². The van der Waals surface area contributed by atoms with Crippen molar-refractivity contribution in [2.45, 2.75) is 24.7 Å². The Bertz CT molecular complexity index is 727. The zero-order chi connectivity index (χ0) is 16.6. The molecule has 3 nitrogen and oxygen atoms in total. The molecule has 0 aliphatic carbocycles. The SMILES string of the molecule is CNCC(Cc1ccccc1F)N1CC2(C1)OCc1ccccc12. The molecule has 0 aromatic heterocycles. The first-order valence-electron chi connectivity index (χ1n) is 8.56. The van der Waals surface area contributed by atoms with Crippen molar-refractivity contribution in [2.75, 3.05) is 26.7 Å². The highest BCUT2D eigenvalue weighted by atomic mass is 19.1. The number of nitrogens with one attached hydrogen (secondary N) is 1. The molecule has 24 heavy (non-hydrogen) atoms. The molecular weight excluding hydrogens is 303 g/mol. The van der Waals surface area contributed by atoms with Gasteiger partial charge >= 0.3 is 0 Å². The van der Waals surface area contributed by atoms with Crippen molar-refractivity contribution in [1.29, 1.82) is 0 Å². The lowest BCUT2D eigenvalue weighted by Crippen LogP contribution is -2.64. The van der Waals surface area contributed by atoms with Crippen LogP contribution in [0.25, 0.3) is 0 Å². The Morgan fingerprint density at radius 3 is 2.71 bits per heavy atom. The highest BCUT2D eigenvalue weighted by Crippen LogP contribution is 2.44. The van der Waals surface area contributed by atoms with Gasteiger partial charge in [-0.15, -0.1) is 0 Å². The van der Waals surface area contributed by atoms with E-state index in [0.717, 1.165) is 25.2 Å². The molecule has 126 valence electrons. The molecule has 1 atom stereocenters. The van der Waals surface area contributed by atoms with Gasteiger partial charge in [-0.25, -0.2) is 4.39 Å². The summed E-state index contributed by atoms with van der Waals surface area (Å²) >= 11 is 0. The predicted molar refractivity (Wildman–Crippen MR) is 92.3 cm³/mol. The number of likely N-dealkylation sites (tertiary alicyclic amines) is 1. The summed E-state index contributed by atoms with van der Waals surface area (Å²) in [4.78, 5) is 2.41. The van der Waals surface area contributed by atoms with E-state index in [1.165, 1.54) is 11.1 Å². The van der Waals surface area contributed by atoms with E-state index < -0.39 is 0 Å². The molecule has 1 unspecified atom stereocenters. The summed E-state index contributed by atoms with van der Waals surface area (Å²) in [5.41, 5.74) is 3.26. The van der Waals surface area contributed by atoms with Gasteiger partial charge in [0.1, 0.15) is 11.4 Å². The molecule has 1 N–H and O–H groups in total. The quantitative estimate of drug-likeness (QED) is 0.914. The van der Waals surface area contributed by atoms with Gasteiger partial charge in [-0.05, 0) is 36.2 Å². The third kappa shape index (κ3) is 2.65. The van der Waals surface area contributed by atoms with Crippen LogP contribution < -0.4 is 5.32 Å². The van der Waals surface area contributed by atoms with E-state index >= 15 is 0 Å². The molecule has 1 saturated heterocycles. The lowest BCUT2D eigenvalue weighted by molar-refractivity contribution is -0.154. The lowest BCUT2D eigenvalue weighted by atomic mass is 9.83. The van der Waals surface area contributed by atoms with Crippen molar-refractivity contribution in [3.05, 3.63) is 71.0 Å². The summed E-state index contributed by atoms with van der Waals surface area (Å²) < 4.78 is 20.1. The van der Waals surface area contributed by atoms with Crippen LogP contribution >= 0.6 is 0 Å². The maximum Gasteiger partial charge on any atom is 0.126 e. The number of fused-ring (bicyclic) bond motifs is 2. The summed E-state index contributed by atoms with van der Waals surface area (Å²) in [7, 11) is 1.95. The number of ether oxygens (including phenoxy) is 1. The van der Waals surface area contributed by atoms with Gasteiger partial charge in [-0.3, -0.25) is 4.90 Å². The average Bonchev–Trinajstić information content (AvgIpc) is 2.95. The second-order valence-electron chi connectivity index (χ2n) is 6.85. The van der Waals surface area contributed by atoms with E-state index in [0.29, 0.717) is 13.0 Å². The minimum absolute atomic E-state index is 0.115. The summed E-state index contributed by atoms with van der Waals surface area (Å²) in [6, 6.07) is 15.8. The fraction of sp³-hybridized carbons (Fsp3) is 0.400. The Balaban J connectivity index is 1.49. The minimum Gasteiger partial charge on any atom is -0.363 e. The highest BCUT2D eigenvalue weighted by molar-refractivity contribution is 5.38. The zero-order valence-electron chi connectivity index (χ0n) is 14.0. The van der Waals surface area contributed by atoms with Crippen LogP contribution in [0.15, 0.2) is 48.5 Å². The Kier molecular flexibility index (Phi) is 4.12. The van der Waals surface area contributed by atoms with Gasteiger partial charge in [-0.2, -0.15) is 0 Å². The topological polar surface area (TPSA) is 24.5 Å². The summed E-state index contributed by atoms with van der Waals surface area (Å²) in [5, 5.41) is 3.25. The van der Waals surface area contributed by atoms with Crippen LogP contribution in [-0.4, -0.2) is 37.6 Å². The van der Waals surface area contributed by atoms with Gasteiger partial charge in [0.15, 0.2) is 0 Å². The molecule has 2 aromatic rings. The van der Waals surface area contributed by atoms with Gasteiger partial charge in [0.25, 0.3) is 0 Å². The van der Waals surface area contributed by atoms with Crippen LogP contribution in [0.3, 0.4) is 0 Å². The molecule has 2 aliphatic rings. The van der Waals surface area contributed by atoms with E-state index in [9.17, 15) is 4.39 Å². The molecule has 4 rings (SSSR count). The van der Waals surface area contributed by atoms with Crippen LogP contribution in [0.1, 0.15) is 16.7 Å².